The van der Waals surface area contributed by atoms with Crippen LogP contribution in [-0.2, 0) is 6.42 Å². The highest BCUT2D eigenvalue weighted by Crippen LogP contribution is 2.17. The zero-order valence-electron chi connectivity index (χ0n) is 10.5. The Morgan fingerprint density at radius 1 is 1.11 bits per heavy atom. The lowest BCUT2D eigenvalue weighted by molar-refractivity contribution is 0.379. The van der Waals surface area contributed by atoms with Gasteiger partial charge in [-0.05, 0) is 13.8 Å². The molecule has 2 rings (SSSR count). The van der Waals surface area contributed by atoms with E-state index in [0.717, 1.165) is 23.7 Å². The lowest BCUT2D eigenvalue weighted by atomic mass is 10.3. The van der Waals surface area contributed by atoms with E-state index in [9.17, 15) is 0 Å². The van der Waals surface area contributed by atoms with E-state index >= 15 is 0 Å². The van der Waals surface area contributed by atoms with Crippen LogP contribution in [0, 0.1) is 6.92 Å². The predicted octanol–water partition coefficient (Wildman–Crippen LogP) is 1.25. The lowest BCUT2D eigenvalue weighted by Crippen LogP contribution is -2.10. The maximum atomic E-state index is 4.92. The highest BCUT2D eigenvalue weighted by Gasteiger charge is 2.06. The van der Waals surface area contributed by atoms with Crippen LogP contribution in [0.2, 0.25) is 0 Å². The molecule has 2 aromatic heterocycles. The molecule has 96 valence electrons. The van der Waals surface area contributed by atoms with E-state index in [2.05, 4.69) is 30.7 Å². The van der Waals surface area contributed by atoms with Crippen LogP contribution in [0.3, 0.4) is 0 Å². The molecule has 7 nitrogen and oxygen atoms in total. The SMILES string of the molecule is CCNc1ncnc(NCCc2ncno2)c1C. The molecule has 7 heteroatoms. The maximum absolute atomic E-state index is 4.92. The Hall–Kier alpha value is -2.18. The van der Waals surface area contributed by atoms with Gasteiger partial charge in [0.2, 0.25) is 5.89 Å². The van der Waals surface area contributed by atoms with E-state index in [4.69, 9.17) is 4.52 Å². The average Bonchev–Trinajstić information content (AvgIpc) is 2.87. The van der Waals surface area contributed by atoms with Gasteiger partial charge in [-0.3, -0.25) is 0 Å². The van der Waals surface area contributed by atoms with Crippen molar-refractivity contribution in [2.45, 2.75) is 20.3 Å². The molecular weight excluding hydrogens is 232 g/mol. The minimum absolute atomic E-state index is 0.612. The Balaban J connectivity index is 1.94. The molecule has 0 bridgehead atoms. The van der Waals surface area contributed by atoms with Crippen molar-refractivity contribution in [2.24, 2.45) is 0 Å². The van der Waals surface area contributed by atoms with Crippen molar-refractivity contribution in [1.82, 2.24) is 20.1 Å². The summed E-state index contributed by atoms with van der Waals surface area (Å²) >= 11 is 0. The van der Waals surface area contributed by atoms with Crippen LogP contribution >= 0.6 is 0 Å². The summed E-state index contributed by atoms with van der Waals surface area (Å²) in [6, 6.07) is 0. The number of hydrogen-bond acceptors (Lipinski definition) is 7. The van der Waals surface area contributed by atoms with E-state index < -0.39 is 0 Å². The van der Waals surface area contributed by atoms with Crippen molar-refractivity contribution >= 4 is 11.6 Å². The molecule has 0 spiro atoms. The van der Waals surface area contributed by atoms with Crippen molar-refractivity contribution in [3.05, 3.63) is 24.1 Å². The molecule has 0 unspecified atom stereocenters. The summed E-state index contributed by atoms with van der Waals surface area (Å²) in [5, 5.41) is 9.97. The molecule has 2 heterocycles. The molecule has 0 saturated carbocycles. The average molecular weight is 248 g/mol. The zero-order chi connectivity index (χ0) is 12.8. The van der Waals surface area contributed by atoms with Crippen LogP contribution in [0.15, 0.2) is 17.2 Å². The second-order valence-corrected chi connectivity index (χ2v) is 3.74. The maximum Gasteiger partial charge on any atom is 0.228 e. The Kier molecular flexibility index (Phi) is 4.06. The van der Waals surface area contributed by atoms with Gasteiger partial charge in [0.25, 0.3) is 0 Å². The van der Waals surface area contributed by atoms with Gasteiger partial charge in [-0.25, -0.2) is 9.97 Å². The first kappa shape index (κ1) is 12.3. The smallest absolute Gasteiger partial charge is 0.228 e. The molecule has 0 fully saturated rings. The first-order valence-corrected chi connectivity index (χ1v) is 5.86. The molecule has 2 aromatic rings. The topological polar surface area (TPSA) is 88.8 Å². The van der Waals surface area contributed by atoms with Gasteiger partial charge in [-0.15, -0.1) is 0 Å². The highest BCUT2D eigenvalue weighted by atomic mass is 16.5. The normalized spacial score (nSPS) is 10.3. The van der Waals surface area contributed by atoms with E-state index in [1.165, 1.54) is 6.33 Å². The molecule has 0 aliphatic heterocycles. The third-order valence-electron chi connectivity index (χ3n) is 2.47. The highest BCUT2D eigenvalue weighted by molar-refractivity contribution is 5.56. The summed E-state index contributed by atoms with van der Waals surface area (Å²) in [4.78, 5) is 12.3. The number of anilines is 2. The first-order valence-electron chi connectivity index (χ1n) is 5.86. The standard InChI is InChI=1S/C11H16N6O/c1-3-12-10-8(2)11(16-6-15-10)13-5-4-9-14-7-17-18-9/h6-7H,3-5H2,1-2H3,(H2,12,13,15,16). The van der Waals surface area contributed by atoms with E-state index in [0.29, 0.717) is 18.9 Å². The number of nitrogens with zero attached hydrogens (tertiary/aromatic N) is 4. The van der Waals surface area contributed by atoms with Gasteiger partial charge >= 0.3 is 0 Å². The summed E-state index contributed by atoms with van der Waals surface area (Å²) in [6.45, 7) is 5.53. The fourth-order valence-corrected chi connectivity index (χ4v) is 1.57. The summed E-state index contributed by atoms with van der Waals surface area (Å²) in [5.41, 5.74) is 1.00. The molecule has 0 radical (unpaired) electrons. The van der Waals surface area contributed by atoms with Crippen LogP contribution in [0.4, 0.5) is 11.6 Å². The van der Waals surface area contributed by atoms with E-state index in [1.54, 1.807) is 6.33 Å². The minimum Gasteiger partial charge on any atom is -0.370 e. The molecule has 0 aliphatic rings. The number of rotatable bonds is 6. The summed E-state index contributed by atoms with van der Waals surface area (Å²) < 4.78 is 4.92. The Morgan fingerprint density at radius 3 is 2.56 bits per heavy atom. The van der Waals surface area contributed by atoms with Crippen LogP contribution in [-0.4, -0.2) is 33.2 Å². The third kappa shape index (κ3) is 2.93. The van der Waals surface area contributed by atoms with Gasteiger partial charge in [-0.2, -0.15) is 4.98 Å². The van der Waals surface area contributed by atoms with E-state index in [1.807, 2.05) is 13.8 Å². The summed E-state index contributed by atoms with van der Waals surface area (Å²) in [5.74, 6) is 2.29. The number of nitrogens with one attached hydrogen (secondary N) is 2. The number of hydrogen-bond donors (Lipinski definition) is 2. The van der Waals surface area contributed by atoms with Crippen molar-refractivity contribution in [2.75, 3.05) is 23.7 Å². The first-order chi connectivity index (χ1) is 8.81. The van der Waals surface area contributed by atoms with Crippen LogP contribution in [0.1, 0.15) is 18.4 Å². The van der Waals surface area contributed by atoms with Crippen LogP contribution in [0.25, 0.3) is 0 Å². The molecule has 0 aliphatic carbocycles. The molecular formula is C11H16N6O. The van der Waals surface area contributed by atoms with Crippen LogP contribution in [0.5, 0.6) is 0 Å². The Morgan fingerprint density at radius 2 is 1.89 bits per heavy atom. The molecule has 2 N–H and O–H groups in total. The second kappa shape index (κ2) is 5.95. The molecule has 0 saturated heterocycles. The van der Waals surface area contributed by atoms with Gasteiger partial charge in [0, 0.05) is 25.1 Å². The van der Waals surface area contributed by atoms with Gasteiger partial charge in [0.15, 0.2) is 6.33 Å². The van der Waals surface area contributed by atoms with Crippen LogP contribution < -0.4 is 10.6 Å². The van der Waals surface area contributed by atoms with Crippen molar-refractivity contribution in [3.63, 3.8) is 0 Å². The fourth-order valence-electron chi connectivity index (χ4n) is 1.57. The third-order valence-corrected chi connectivity index (χ3v) is 2.47. The molecule has 0 amide bonds. The molecule has 0 aromatic carbocycles. The zero-order valence-corrected chi connectivity index (χ0v) is 10.5. The second-order valence-electron chi connectivity index (χ2n) is 3.74. The van der Waals surface area contributed by atoms with Gasteiger partial charge in [0.1, 0.15) is 18.0 Å². The fraction of sp³-hybridized carbons (Fsp3) is 0.455. The minimum atomic E-state index is 0.612. The lowest BCUT2D eigenvalue weighted by Gasteiger charge is -2.11. The molecule has 18 heavy (non-hydrogen) atoms. The monoisotopic (exact) mass is 248 g/mol. The van der Waals surface area contributed by atoms with E-state index in [-0.39, 0.29) is 0 Å². The Bertz CT molecular complexity index is 484. The Labute approximate surface area is 105 Å². The van der Waals surface area contributed by atoms with Gasteiger partial charge < -0.3 is 15.2 Å². The molecule has 0 atom stereocenters. The van der Waals surface area contributed by atoms with Crippen molar-refractivity contribution in [1.29, 1.82) is 0 Å². The van der Waals surface area contributed by atoms with Gasteiger partial charge in [-0.1, -0.05) is 5.16 Å². The largest absolute Gasteiger partial charge is 0.370 e. The predicted molar refractivity (Wildman–Crippen MR) is 67.4 cm³/mol. The van der Waals surface area contributed by atoms with Crippen molar-refractivity contribution in [3.8, 4) is 0 Å². The van der Waals surface area contributed by atoms with Gasteiger partial charge in [0.05, 0.1) is 0 Å². The quantitative estimate of drug-likeness (QED) is 0.795. The summed E-state index contributed by atoms with van der Waals surface area (Å²) in [6.07, 6.45) is 3.61. The number of aromatic nitrogens is 4. The van der Waals surface area contributed by atoms with Crippen molar-refractivity contribution < 1.29 is 4.52 Å². The summed E-state index contributed by atoms with van der Waals surface area (Å²) in [7, 11) is 0.